The van der Waals surface area contributed by atoms with Crippen molar-refractivity contribution < 1.29 is 19.2 Å². The number of hydrogen-bond acceptors (Lipinski definition) is 4. The standard InChI is InChI=1S/C22H14N2O4/c23-21(27)17-10-15-16(20(26)14-9-5-4-8-13(14)19(15)25)11-18(17)24-22(28)12-6-2-1-3-7-12/h1-11H,(H2,23,27)(H,24,28). The van der Waals surface area contributed by atoms with Gasteiger partial charge in [-0.15, -0.1) is 0 Å². The van der Waals surface area contributed by atoms with E-state index in [2.05, 4.69) is 5.32 Å². The van der Waals surface area contributed by atoms with E-state index in [0.717, 1.165) is 0 Å². The molecule has 0 unspecified atom stereocenters. The zero-order valence-electron chi connectivity index (χ0n) is 14.6. The summed E-state index contributed by atoms with van der Waals surface area (Å²) in [4.78, 5) is 50.1. The first-order valence-electron chi connectivity index (χ1n) is 8.50. The number of hydrogen-bond donors (Lipinski definition) is 2. The van der Waals surface area contributed by atoms with Crippen LogP contribution in [0.1, 0.15) is 52.6 Å². The third-order valence-corrected chi connectivity index (χ3v) is 4.61. The third kappa shape index (κ3) is 2.77. The number of ketones is 2. The van der Waals surface area contributed by atoms with E-state index < -0.39 is 11.8 Å². The van der Waals surface area contributed by atoms with Gasteiger partial charge >= 0.3 is 0 Å². The minimum Gasteiger partial charge on any atom is -0.366 e. The third-order valence-electron chi connectivity index (χ3n) is 4.61. The molecule has 0 saturated heterocycles. The van der Waals surface area contributed by atoms with Crippen molar-refractivity contribution in [3.05, 3.63) is 100 Å². The van der Waals surface area contributed by atoms with Crippen molar-refractivity contribution in [3.8, 4) is 0 Å². The Morgan fingerprint density at radius 3 is 1.82 bits per heavy atom. The number of nitrogens with two attached hydrogens (primary N) is 1. The highest BCUT2D eigenvalue weighted by atomic mass is 16.2. The Morgan fingerprint density at radius 2 is 1.25 bits per heavy atom. The SMILES string of the molecule is NC(=O)c1cc2c(cc1NC(=O)c1ccccc1)C(=O)c1ccccc1C2=O. The van der Waals surface area contributed by atoms with Crippen molar-refractivity contribution in [2.75, 3.05) is 5.32 Å². The first-order chi connectivity index (χ1) is 13.5. The molecule has 0 fully saturated rings. The van der Waals surface area contributed by atoms with Crippen molar-refractivity contribution in [1.82, 2.24) is 0 Å². The van der Waals surface area contributed by atoms with E-state index in [1.54, 1.807) is 54.6 Å². The van der Waals surface area contributed by atoms with E-state index in [1.807, 2.05) is 0 Å². The largest absolute Gasteiger partial charge is 0.366 e. The van der Waals surface area contributed by atoms with Crippen molar-refractivity contribution in [2.45, 2.75) is 0 Å². The maximum atomic E-state index is 12.9. The van der Waals surface area contributed by atoms with Gasteiger partial charge in [-0.2, -0.15) is 0 Å². The van der Waals surface area contributed by atoms with Crippen molar-refractivity contribution in [1.29, 1.82) is 0 Å². The fourth-order valence-electron chi connectivity index (χ4n) is 3.24. The Labute approximate surface area is 160 Å². The van der Waals surface area contributed by atoms with E-state index in [4.69, 9.17) is 5.73 Å². The molecule has 0 spiro atoms. The fraction of sp³-hybridized carbons (Fsp3) is 0. The lowest BCUT2D eigenvalue weighted by Crippen LogP contribution is -2.24. The molecular formula is C22H14N2O4. The summed E-state index contributed by atoms with van der Waals surface area (Å²) >= 11 is 0. The summed E-state index contributed by atoms with van der Waals surface area (Å²) in [7, 11) is 0. The van der Waals surface area contributed by atoms with Gasteiger partial charge in [0.05, 0.1) is 11.3 Å². The molecule has 0 radical (unpaired) electrons. The molecule has 0 aromatic heterocycles. The minimum absolute atomic E-state index is 0.0384. The average molecular weight is 370 g/mol. The summed E-state index contributed by atoms with van der Waals surface area (Å²) in [5.74, 6) is -1.99. The molecule has 0 atom stereocenters. The molecule has 6 heteroatoms. The Morgan fingerprint density at radius 1 is 0.714 bits per heavy atom. The van der Waals surface area contributed by atoms with Crippen LogP contribution < -0.4 is 11.1 Å². The van der Waals surface area contributed by atoms with Gasteiger partial charge in [0.15, 0.2) is 11.6 Å². The quantitative estimate of drug-likeness (QED) is 0.578. The molecule has 3 N–H and O–H groups in total. The van der Waals surface area contributed by atoms with Gasteiger partial charge in [-0.05, 0) is 24.3 Å². The van der Waals surface area contributed by atoms with Gasteiger partial charge in [0, 0.05) is 27.8 Å². The number of rotatable bonds is 3. The van der Waals surface area contributed by atoms with Gasteiger partial charge in [0.2, 0.25) is 0 Å². The Balaban J connectivity index is 1.83. The van der Waals surface area contributed by atoms with Crippen LogP contribution >= 0.6 is 0 Å². The Bertz CT molecular complexity index is 1170. The van der Waals surface area contributed by atoms with Gasteiger partial charge in [0.25, 0.3) is 11.8 Å². The molecule has 1 aliphatic carbocycles. The zero-order chi connectivity index (χ0) is 19.8. The molecule has 0 aliphatic heterocycles. The first kappa shape index (κ1) is 17.4. The monoisotopic (exact) mass is 370 g/mol. The van der Waals surface area contributed by atoms with Gasteiger partial charge < -0.3 is 11.1 Å². The molecule has 136 valence electrons. The molecular weight excluding hydrogens is 356 g/mol. The lowest BCUT2D eigenvalue weighted by Gasteiger charge is -2.20. The summed E-state index contributed by atoms with van der Waals surface area (Å²) < 4.78 is 0. The maximum absolute atomic E-state index is 12.9. The zero-order valence-corrected chi connectivity index (χ0v) is 14.6. The molecule has 4 rings (SSSR count). The van der Waals surface area contributed by atoms with Crippen LogP contribution in [0.25, 0.3) is 0 Å². The summed E-state index contributed by atoms with van der Waals surface area (Å²) in [6.45, 7) is 0. The van der Waals surface area contributed by atoms with Crippen LogP contribution in [0, 0.1) is 0 Å². The molecule has 1 aliphatic rings. The number of primary amides is 1. The summed E-state index contributed by atoms with van der Waals surface area (Å²) in [6.07, 6.45) is 0. The van der Waals surface area contributed by atoms with E-state index in [1.165, 1.54) is 12.1 Å². The smallest absolute Gasteiger partial charge is 0.255 e. The van der Waals surface area contributed by atoms with Crippen LogP contribution in [-0.4, -0.2) is 23.4 Å². The number of amides is 2. The van der Waals surface area contributed by atoms with Crippen LogP contribution in [0.4, 0.5) is 5.69 Å². The van der Waals surface area contributed by atoms with E-state index in [9.17, 15) is 19.2 Å². The van der Waals surface area contributed by atoms with Gasteiger partial charge in [-0.3, -0.25) is 19.2 Å². The summed E-state index contributed by atoms with van der Waals surface area (Å²) in [5.41, 5.74) is 6.65. The lowest BCUT2D eigenvalue weighted by molar-refractivity contribution is 0.0977. The van der Waals surface area contributed by atoms with Crippen molar-refractivity contribution in [2.24, 2.45) is 5.73 Å². The fourth-order valence-corrected chi connectivity index (χ4v) is 3.24. The van der Waals surface area contributed by atoms with Crippen LogP contribution in [0.2, 0.25) is 0 Å². The minimum atomic E-state index is -0.815. The highest BCUT2D eigenvalue weighted by Gasteiger charge is 2.31. The van der Waals surface area contributed by atoms with Crippen molar-refractivity contribution in [3.63, 3.8) is 0 Å². The number of anilines is 1. The first-order valence-corrected chi connectivity index (χ1v) is 8.50. The molecule has 3 aromatic rings. The van der Waals surface area contributed by atoms with Crippen molar-refractivity contribution >= 4 is 29.1 Å². The van der Waals surface area contributed by atoms with Crippen LogP contribution in [0.3, 0.4) is 0 Å². The molecule has 0 saturated carbocycles. The highest BCUT2D eigenvalue weighted by Crippen LogP contribution is 2.31. The van der Waals surface area contributed by atoms with E-state index in [-0.39, 0.29) is 45.1 Å². The Kier molecular flexibility index (Phi) is 4.08. The Hall–Kier alpha value is -4.06. The second-order valence-electron chi connectivity index (χ2n) is 6.33. The average Bonchev–Trinajstić information content (AvgIpc) is 2.72. The second kappa shape index (κ2) is 6.59. The number of fused-ring (bicyclic) bond motifs is 2. The molecule has 6 nitrogen and oxygen atoms in total. The molecule has 2 amide bonds. The van der Waals surface area contributed by atoms with Crippen LogP contribution in [-0.2, 0) is 0 Å². The normalized spacial score (nSPS) is 12.1. The summed E-state index contributed by atoms with van der Waals surface area (Å²) in [5, 5.41) is 2.61. The number of carbonyl (C=O) groups is 4. The van der Waals surface area contributed by atoms with E-state index >= 15 is 0 Å². The van der Waals surface area contributed by atoms with Crippen LogP contribution in [0.5, 0.6) is 0 Å². The maximum Gasteiger partial charge on any atom is 0.255 e. The van der Waals surface area contributed by atoms with E-state index in [0.29, 0.717) is 5.56 Å². The highest BCUT2D eigenvalue weighted by molar-refractivity contribution is 6.29. The van der Waals surface area contributed by atoms with Gasteiger partial charge in [-0.1, -0.05) is 42.5 Å². The van der Waals surface area contributed by atoms with Gasteiger partial charge in [0.1, 0.15) is 0 Å². The van der Waals surface area contributed by atoms with Gasteiger partial charge in [-0.25, -0.2) is 0 Å². The topological polar surface area (TPSA) is 106 Å². The predicted molar refractivity (Wildman–Crippen MR) is 103 cm³/mol. The predicted octanol–water partition coefficient (Wildman–Crippen LogP) is 2.81. The number of carbonyl (C=O) groups excluding carboxylic acids is 4. The lowest BCUT2D eigenvalue weighted by atomic mass is 9.83. The number of nitrogens with one attached hydrogen (secondary N) is 1. The number of benzene rings is 3. The summed E-state index contributed by atoms with van der Waals surface area (Å²) in [6, 6.07) is 17.5. The molecule has 3 aromatic carbocycles. The molecule has 0 heterocycles. The van der Waals surface area contributed by atoms with Crippen LogP contribution in [0.15, 0.2) is 66.7 Å². The molecule has 0 bridgehead atoms. The molecule has 28 heavy (non-hydrogen) atoms. The second-order valence-corrected chi connectivity index (χ2v) is 6.33.